The average Bonchev–Trinajstić information content (AvgIpc) is 2.37. The molecule has 0 radical (unpaired) electrons. The van der Waals surface area contributed by atoms with Gasteiger partial charge in [-0.25, -0.2) is 21.1 Å². The molecule has 22 heavy (non-hydrogen) atoms. The third-order valence-electron chi connectivity index (χ3n) is 3.26. The Morgan fingerprint density at radius 2 is 1.59 bits per heavy atom. The zero-order chi connectivity index (χ0) is 17.2. The molecule has 0 unspecified atom stereocenters. The monoisotopic (exact) mass is 348 g/mol. The zero-order valence-corrected chi connectivity index (χ0v) is 15.0. The Labute approximate surface area is 133 Å². The van der Waals surface area contributed by atoms with Gasteiger partial charge in [0.25, 0.3) is 0 Å². The van der Waals surface area contributed by atoms with Gasteiger partial charge in [-0.05, 0) is 29.7 Å². The van der Waals surface area contributed by atoms with Gasteiger partial charge in [0.2, 0.25) is 10.0 Å². The van der Waals surface area contributed by atoms with E-state index in [9.17, 15) is 16.8 Å². The van der Waals surface area contributed by atoms with E-state index in [-0.39, 0.29) is 16.1 Å². The van der Waals surface area contributed by atoms with E-state index in [2.05, 4.69) is 0 Å². The topological polar surface area (TPSA) is 97.5 Å². The van der Waals surface area contributed by atoms with Gasteiger partial charge >= 0.3 is 0 Å². The van der Waals surface area contributed by atoms with Crippen LogP contribution in [-0.4, -0.2) is 47.5 Å². The van der Waals surface area contributed by atoms with Crippen molar-refractivity contribution in [3.8, 4) is 0 Å². The Hall–Kier alpha value is -0.960. The Balaban J connectivity index is 2.99. The van der Waals surface area contributed by atoms with Crippen molar-refractivity contribution in [2.24, 2.45) is 11.1 Å². The van der Waals surface area contributed by atoms with E-state index in [1.165, 1.54) is 35.6 Å². The second kappa shape index (κ2) is 6.66. The molecule has 0 aliphatic carbocycles. The Bertz CT molecular complexity index is 708. The summed E-state index contributed by atoms with van der Waals surface area (Å²) in [6.45, 7) is 4.47. The van der Waals surface area contributed by atoms with Crippen LogP contribution in [0.3, 0.4) is 0 Å². The van der Waals surface area contributed by atoms with Gasteiger partial charge in [-0.3, -0.25) is 0 Å². The zero-order valence-electron chi connectivity index (χ0n) is 13.4. The van der Waals surface area contributed by atoms with Crippen LogP contribution in [0.4, 0.5) is 0 Å². The fourth-order valence-electron chi connectivity index (χ4n) is 1.99. The molecule has 8 heteroatoms. The molecule has 0 bridgehead atoms. The molecule has 0 fully saturated rings. The highest BCUT2D eigenvalue weighted by Gasteiger charge is 2.27. The van der Waals surface area contributed by atoms with Crippen LogP contribution in [0, 0.1) is 5.41 Å². The first-order valence-electron chi connectivity index (χ1n) is 6.80. The minimum atomic E-state index is -3.61. The molecule has 1 aromatic carbocycles. The maximum atomic E-state index is 12.5. The van der Waals surface area contributed by atoms with Crippen LogP contribution in [0.5, 0.6) is 0 Å². The molecule has 0 aliphatic rings. The molecule has 1 aromatic rings. The molecule has 0 atom stereocenters. The van der Waals surface area contributed by atoms with E-state index in [0.717, 1.165) is 6.26 Å². The van der Waals surface area contributed by atoms with E-state index >= 15 is 0 Å². The van der Waals surface area contributed by atoms with Crippen LogP contribution in [0.15, 0.2) is 29.2 Å². The van der Waals surface area contributed by atoms with Crippen molar-refractivity contribution in [3.05, 3.63) is 29.8 Å². The highest BCUT2D eigenvalue weighted by molar-refractivity contribution is 7.90. The molecular weight excluding hydrogens is 324 g/mol. The third kappa shape index (κ3) is 5.35. The smallest absolute Gasteiger partial charge is 0.242 e. The summed E-state index contributed by atoms with van der Waals surface area (Å²) in [5.41, 5.74) is 5.88. The number of rotatable bonds is 7. The average molecular weight is 348 g/mol. The number of hydrogen-bond acceptors (Lipinski definition) is 5. The summed E-state index contributed by atoms with van der Waals surface area (Å²) >= 11 is 0. The first-order chi connectivity index (χ1) is 9.87. The minimum Gasteiger partial charge on any atom is -0.330 e. The standard InChI is InChI=1S/C14H24N2O4S2/c1-14(2,10-15)11-16(3)22(19,20)13-7-5-12(6-8-13)9-21(4,17)18/h5-8H,9-11,15H2,1-4H3. The number of nitrogens with zero attached hydrogens (tertiary/aromatic N) is 1. The summed E-state index contributed by atoms with van der Waals surface area (Å²) < 4.78 is 48.7. The summed E-state index contributed by atoms with van der Waals surface area (Å²) in [6, 6.07) is 5.91. The van der Waals surface area contributed by atoms with Gasteiger partial charge in [0.1, 0.15) is 0 Å². The van der Waals surface area contributed by atoms with Crippen molar-refractivity contribution < 1.29 is 16.8 Å². The van der Waals surface area contributed by atoms with Crippen LogP contribution in [0.1, 0.15) is 19.4 Å². The highest BCUT2D eigenvalue weighted by Crippen LogP contribution is 2.21. The van der Waals surface area contributed by atoms with Crippen LogP contribution in [-0.2, 0) is 25.6 Å². The Morgan fingerprint density at radius 1 is 1.09 bits per heavy atom. The SMILES string of the molecule is CN(CC(C)(C)CN)S(=O)(=O)c1ccc(CS(C)(=O)=O)cc1. The maximum Gasteiger partial charge on any atom is 0.242 e. The van der Waals surface area contributed by atoms with Crippen LogP contribution in [0.25, 0.3) is 0 Å². The van der Waals surface area contributed by atoms with E-state index < -0.39 is 19.9 Å². The molecule has 0 aromatic heterocycles. The van der Waals surface area contributed by atoms with Crippen LogP contribution in [0.2, 0.25) is 0 Å². The molecule has 2 N–H and O–H groups in total. The van der Waals surface area contributed by atoms with Crippen molar-refractivity contribution in [2.45, 2.75) is 24.5 Å². The summed E-state index contributed by atoms with van der Waals surface area (Å²) in [4.78, 5) is 0.139. The van der Waals surface area contributed by atoms with Gasteiger partial charge in [-0.15, -0.1) is 0 Å². The van der Waals surface area contributed by atoms with E-state index in [0.29, 0.717) is 18.7 Å². The maximum absolute atomic E-state index is 12.5. The van der Waals surface area contributed by atoms with Gasteiger partial charge in [0, 0.05) is 19.8 Å². The molecule has 0 spiro atoms. The molecule has 6 nitrogen and oxygen atoms in total. The first kappa shape index (κ1) is 19.1. The fraction of sp³-hybridized carbons (Fsp3) is 0.571. The number of hydrogen-bond donors (Lipinski definition) is 1. The van der Waals surface area contributed by atoms with Crippen molar-refractivity contribution in [3.63, 3.8) is 0 Å². The molecule has 126 valence electrons. The second-order valence-electron chi connectivity index (χ2n) is 6.34. The predicted octanol–water partition coefficient (Wildman–Crippen LogP) is 0.837. The van der Waals surface area contributed by atoms with Crippen LogP contribution < -0.4 is 5.73 Å². The van der Waals surface area contributed by atoms with Crippen molar-refractivity contribution in [1.29, 1.82) is 0 Å². The predicted molar refractivity (Wildman–Crippen MR) is 87.6 cm³/mol. The normalized spacial score (nSPS) is 13.5. The molecule has 0 saturated carbocycles. The number of sulfone groups is 1. The summed E-state index contributed by atoms with van der Waals surface area (Å²) in [5, 5.41) is 0. The summed E-state index contributed by atoms with van der Waals surface area (Å²) in [6.07, 6.45) is 1.14. The number of benzene rings is 1. The molecule has 0 aliphatic heterocycles. The summed E-state index contributed by atoms with van der Waals surface area (Å²) in [7, 11) is -5.25. The van der Waals surface area contributed by atoms with E-state index in [4.69, 9.17) is 5.73 Å². The van der Waals surface area contributed by atoms with Gasteiger partial charge in [-0.1, -0.05) is 26.0 Å². The lowest BCUT2D eigenvalue weighted by atomic mass is 9.94. The van der Waals surface area contributed by atoms with E-state index in [1.54, 1.807) is 0 Å². The Morgan fingerprint density at radius 3 is 2.00 bits per heavy atom. The first-order valence-corrected chi connectivity index (χ1v) is 10.3. The van der Waals surface area contributed by atoms with E-state index in [1.807, 2.05) is 13.8 Å². The number of nitrogens with two attached hydrogens (primary N) is 1. The lowest BCUT2D eigenvalue weighted by molar-refractivity contribution is 0.292. The van der Waals surface area contributed by atoms with Crippen molar-refractivity contribution >= 4 is 19.9 Å². The minimum absolute atomic E-state index is 0.108. The largest absolute Gasteiger partial charge is 0.330 e. The molecular formula is C14H24N2O4S2. The fourth-order valence-corrected chi connectivity index (χ4v) is 4.15. The van der Waals surface area contributed by atoms with Gasteiger partial charge < -0.3 is 5.73 Å². The highest BCUT2D eigenvalue weighted by atomic mass is 32.2. The lowest BCUT2D eigenvalue weighted by Gasteiger charge is -2.28. The molecule has 0 heterocycles. The molecule has 0 amide bonds. The van der Waals surface area contributed by atoms with Gasteiger partial charge in [0.15, 0.2) is 9.84 Å². The van der Waals surface area contributed by atoms with Crippen molar-refractivity contribution in [1.82, 2.24) is 4.31 Å². The lowest BCUT2D eigenvalue weighted by Crippen LogP contribution is -2.39. The molecule has 0 saturated heterocycles. The number of sulfonamides is 1. The van der Waals surface area contributed by atoms with Gasteiger partial charge in [-0.2, -0.15) is 0 Å². The summed E-state index contributed by atoms with van der Waals surface area (Å²) in [5.74, 6) is -0.108. The van der Waals surface area contributed by atoms with Crippen LogP contribution >= 0.6 is 0 Å². The molecule has 1 rings (SSSR count). The van der Waals surface area contributed by atoms with Gasteiger partial charge in [0.05, 0.1) is 10.6 Å². The Kier molecular flexibility index (Phi) is 5.77. The third-order valence-corrected chi connectivity index (χ3v) is 5.94. The van der Waals surface area contributed by atoms with Crippen molar-refractivity contribution in [2.75, 3.05) is 26.4 Å². The quantitative estimate of drug-likeness (QED) is 0.787. The second-order valence-corrected chi connectivity index (χ2v) is 10.5.